The predicted octanol–water partition coefficient (Wildman–Crippen LogP) is 2.27. The normalized spacial score (nSPS) is 33.6. The molecule has 1 aliphatic rings. The van der Waals surface area contributed by atoms with Crippen LogP contribution < -0.4 is 5.32 Å². The lowest BCUT2D eigenvalue weighted by atomic mass is 10.00. The van der Waals surface area contributed by atoms with Crippen LogP contribution in [-0.4, -0.2) is 34.8 Å². The second-order valence-corrected chi connectivity index (χ2v) is 6.82. The van der Waals surface area contributed by atoms with E-state index in [0.29, 0.717) is 0 Å². The first-order valence-electron chi connectivity index (χ1n) is 5.98. The first kappa shape index (κ1) is 13.3. The summed E-state index contributed by atoms with van der Waals surface area (Å²) in [5, 5.41) is 14.1. The van der Waals surface area contributed by atoms with E-state index in [1.807, 2.05) is 7.05 Å². The lowest BCUT2D eigenvalue weighted by Crippen LogP contribution is -2.44. The quantitative estimate of drug-likeness (QED) is 0.761. The number of hydrogen-bond acceptors (Lipinski definition) is 3. The van der Waals surface area contributed by atoms with Gasteiger partial charge in [-0.05, 0) is 32.2 Å². The average molecular weight is 231 g/mol. The molecule has 0 bridgehead atoms. The van der Waals surface area contributed by atoms with Crippen LogP contribution in [0.1, 0.15) is 40.0 Å². The summed E-state index contributed by atoms with van der Waals surface area (Å²) in [5.41, 5.74) is 0.00830. The Morgan fingerprint density at radius 2 is 2.13 bits per heavy atom. The number of aliphatic hydroxyl groups is 1. The molecule has 2 nitrogen and oxygen atoms in total. The number of hydrogen-bond donors (Lipinski definition) is 2. The van der Waals surface area contributed by atoms with Crippen molar-refractivity contribution in [3.05, 3.63) is 0 Å². The molecular weight excluding hydrogens is 206 g/mol. The molecule has 15 heavy (non-hydrogen) atoms. The fourth-order valence-corrected chi connectivity index (χ4v) is 3.69. The predicted molar refractivity (Wildman–Crippen MR) is 68.4 cm³/mol. The van der Waals surface area contributed by atoms with Crippen molar-refractivity contribution in [3.8, 4) is 0 Å². The number of nitrogens with one attached hydrogen (secondary N) is 1. The summed E-state index contributed by atoms with van der Waals surface area (Å²) in [4.78, 5) is 0. The molecule has 1 rings (SSSR count). The standard InChI is InChI=1S/C12H25NOS/c1-9(2)10(3)15-11-5-6-12(7-11,8-14)13-4/h9-11,13-14H,5-8H2,1-4H3. The van der Waals surface area contributed by atoms with Gasteiger partial charge in [-0.15, -0.1) is 0 Å². The molecule has 0 aromatic carbocycles. The highest BCUT2D eigenvalue weighted by Gasteiger charge is 2.38. The molecule has 3 atom stereocenters. The molecule has 3 heteroatoms. The van der Waals surface area contributed by atoms with Crippen LogP contribution in [0, 0.1) is 5.92 Å². The Bertz CT molecular complexity index is 192. The largest absolute Gasteiger partial charge is 0.394 e. The van der Waals surface area contributed by atoms with E-state index in [2.05, 4.69) is 37.8 Å². The van der Waals surface area contributed by atoms with E-state index in [1.165, 1.54) is 6.42 Å². The molecule has 1 fully saturated rings. The van der Waals surface area contributed by atoms with E-state index in [9.17, 15) is 5.11 Å². The maximum Gasteiger partial charge on any atom is 0.0613 e. The molecule has 0 aliphatic heterocycles. The Labute approximate surface area is 98.2 Å². The summed E-state index contributed by atoms with van der Waals surface area (Å²) in [5.74, 6) is 0.744. The third-order valence-electron chi connectivity index (χ3n) is 3.74. The zero-order valence-corrected chi connectivity index (χ0v) is 11.2. The molecule has 0 aromatic heterocycles. The average Bonchev–Trinajstić information content (AvgIpc) is 2.62. The van der Waals surface area contributed by atoms with Crippen LogP contribution in [0.2, 0.25) is 0 Å². The van der Waals surface area contributed by atoms with Gasteiger partial charge in [0, 0.05) is 16.0 Å². The lowest BCUT2D eigenvalue weighted by molar-refractivity contribution is 0.173. The van der Waals surface area contributed by atoms with Gasteiger partial charge in [0.25, 0.3) is 0 Å². The van der Waals surface area contributed by atoms with Gasteiger partial charge in [0.1, 0.15) is 0 Å². The minimum Gasteiger partial charge on any atom is -0.394 e. The van der Waals surface area contributed by atoms with Crippen molar-refractivity contribution in [2.24, 2.45) is 5.92 Å². The van der Waals surface area contributed by atoms with E-state index >= 15 is 0 Å². The summed E-state index contributed by atoms with van der Waals surface area (Å²) in [6.45, 7) is 7.15. The minimum absolute atomic E-state index is 0.00830. The van der Waals surface area contributed by atoms with Gasteiger partial charge in [0.05, 0.1) is 6.61 Å². The molecule has 1 saturated carbocycles. The van der Waals surface area contributed by atoms with Crippen LogP contribution in [0.5, 0.6) is 0 Å². The van der Waals surface area contributed by atoms with Gasteiger partial charge in [-0.2, -0.15) is 11.8 Å². The van der Waals surface area contributed by atoms with Gasteiger partial charge in [0.15, 0.2) is 0 Å². The first-order valence-corrected chi connectivity index (χ1v) is 6.92. The van der Waals surface area contributed by atoms with Crippen molar-refractivity contribution in [2.75, 3.05) is 13.7 Å². The smallest absolute Gasteiger partial charge is 0.0613 e. The number of likely N-dealkylation sites (N-methyl/N-ethyl adjacent to an activating group) is 1. The minimum atomic E-state index is 0.00830. The van der Waals surface area contributed by atoms with Crippen LogP contribution in [0.15, 0.2) is 0 Å². The monoisotopic (exact) mass is 231 g/mol. The van der Waals surface area contributed by atoms with Crippen molar-refractivity contribution in [3.63, 3.8) is 0 Å². The van der Waals surface area contributed by atoms with Crippen molar-refractivity contribution in [1.82, 2.24) is 5.32 Å². The topological polar surface area (TPSA) is 32.3 Å². The Kier molecular flexibility index (Phi) is 4.94. The molecule has 0 amide bonds. The molecule has 3 unspecified atom stereocenters. The third-order valence-corrected chi connectivity index (χ3v) is 5.50. The van der Waals surface area contributed by atoms with Gasteiger partial charge in [0.2, 0.25) is 0 Å². The molecule has 0 heterocycles. The van der Waals surface area contributed by atoms with Gasteiger partial charge in [-0.1, -0.05) is 20.8 Å². The lowest BCUT2D eigenvalue weighted by Gasteiger charge is -2.27. The van der Waals surface area contributed by atoms with E-state index in [-0.39, 0.29) is 12.1 Å². The fourth-order valence-electron chi connectivity index (χ4n) is 2.10. The van der Waals surface area contributed by atoms with Crippen LogP contribution >= 0.6 is 11.8 Å². The van der Waals surface area contributed by atoms with E-state index in [0.717, 1.165) is 29.3 Å². The Balaban J connectivity index is 2.42. The molecule has 0 saturated heterocycles. The molecule has 0 spiro atoms. The number of aliphatic hydroxyl groups excluding tert-OH is 1. The molecular formula is C12H25NOS. The Morgan fingerprint density at radius 1 is 1.47 bits per heavy atom. The molecule has 1 aliphatic carbocycles. The summed E-state index contributed by atoms with van der Waals surface area (Å²) in [6.07, 6.45) is 3.47. The SMILES string of the molecule is CNC1(CO)CCC(SC(C)C(C)C)C1. The van der Waals surface area contributed by atoms with Gasteiger partial charge >= 0.3 is 0 Å². The van der Waals surface area contributed by atoms with Crippen LogP contribution in [0.4, 0.5) is 0 Å². The van der Waals surface area contributed by atoms with E-state index in [1.54, 1.807) is 0 Å². The highest BCUT2D eigenvalue weighted by Crippen LogP contribution is 2.39. The van der Waals surface area contributed by atoms with Crippen molar-refractivity contribution in [2.45, 2.75) is 56.1 Å². The van der Waals surface area contributed by atoms with Crippen molar-refractivity contribution < 1.29 is 5.11 Å². The molecule has 0 aromatic rings. The van der Waals surface area contributed by atoms with Gasteiger partial charge in [-0.3, -0.25) is 0 Å². The van der Waals surface area contributed by atoms with Crippen LogP contribution in [-0.2, 0) is 0 Å². The second-order valence-electron chi connectivity index (χ2n) is 5.14. The highest BCUT2D eigenvalue weighted by molar-refractivity contribution is 8.00. The van der Waals surface area contributed by atoms with E-state index in [4.69, 9.17) is 0 Å². The maximum absolute atomic E-state index is 9.41. The maximum atomic E-state index is 9.41. The highest BCUT2D eigenvalue weighted by atomic mass is 32.2. The second kappa shape index (κ2) is 5.55. The summed E-state index contributed by atoms with van der Waals surface area (Å²) >= 11 is 2.10. The Morgan fingerprint density at radius 3 is 2.53 bits per heavy atom. The van der Waals surface area contributed by atoms with Crippen LogP contribution in [0.3, 0.4) is 0 Å². The molecule has 90 valence electrons. The summed E-state index contributed by atoms with van der Waals surface area (Å²) in [6, 6.07) is 0. The first-order chi connectivity index (χ1) is 7.03. The number of thioether (sulfide) groups is 1. The zero-order chi connectivity index (χ0) is 11.5. The number of rotatable bonds is 5. The van der Waals surface area contributed by atoms with E-state index < -0.39 is 0 Å². The zero-order valence-electron chi connectivity index (χ0n) is 10.4. The molecule has 0 radical (unpaired) electrons. The van der Waals surface area contributed by atoms with Crippen LogP contribution in [0.25, 0.3) is 0 Å². The summed E-state index contributed by atoms with van der Waals surface area (Å²) in [7, 11) is 1.97. The molecule has 2 N–H and O–H groups in total. The van der Waals surface area contributed by atoms with Gasteiger partial charge in [-0.25, -0.2) is 0 Å². The fraction of sp³-hybridized carbons (Fsp3) is 1.00. The Hall–Kier alpha value is 0.270. The van der Waals surface area contributed by atoms with Crippen molar-refractivity contribution >= 4 is 11.8 Å². The van der Waals surface area contributed by atoms with Crippen molar-refractivity contribution in [1.29, 1.82) is 0 Å². The third kappa shape index (κ3) is 3.36. The summed E-state index contributed by atoms with van der Waals surface area (Å²) < 4.78 is 0. The van der Waals surface area contributed by atoms with Gasteiger partial charge < -0.3 is 10.4 Å².